The summed E-state index contributed by atoms with van der Waals surface area (Å²) in [6.07, 6.45) is 2.06. The van der Waals surface area contributed by atoms with Crippen LogP contribution in [0.3, 0.4) is 0 Å². The minimum absolute atomic E-state index is 0.206. The standard InChI is InChI=1S/C29H27N5O2S/c1-3-4-16-36-22-14-12-21(13-15-22)28(35)31-29(37)30-24-18-26-25(17-19(24)2)32-34(33-26)27-11-7-9-20-8-5-6-10-23(20)27/h5-15,17-18H,3-4,16H2,1-2H3,(H2,30,31,35,37). The van der Waals surface area contributed by atoms with Crippen molar-refractivity contribution in [1.82, 2.24) is 20.3 Å². The number of aromatic nitrogens is 3. The van der Waals surface area contributed by atoms with Crippen molar-refractivity contribution in [2.45, 2.75) is 26.7 Å². The average Bonchev–Trinajstić information content (AvgIpc) is 3.31. The third kappa shape index (κ3) is 5.44. The highest BCUT2D eigenvalue weighted by atomic mass is 32.1. The molecule has 0 aliphatic heterocycles. The minimum atomic E-state index is -0.293. The minimum Gasteiger partial charge on any atom is -0.494 e. The molecular formula is C29H27N5O2S. The van der Waals surface area contributed by atoms with Crippen molar-refractivity contribution in [3.8, 4) is 11.4 Å². The van der Waals surface area contributed by atoms with Gasteiger partial charge in [0.2, 0.25) is 0 Å². The van der Waals surface area contributed by atoms with Crippen LogP contribution < -0.4 is 15.4 Å². The lowest BCUT2D eigenvalue weighted by atomic mass is 10.1. The van der Waals surface area contributed by atoms with Crippen LogP contribution in [-0.4, -0.2) is 32.6 Å². The van der Waals surface area contributed by atoms with Crippen molar-refractivity contribution < 1.29 is 9.53 Å². The van der Waals surface area contributed by atoms with Crippen molar-refractivity contribution in [3.05, 3.63) is 90.0 Å². The molecule has 8 heteroatoms. The molecule has 5 aromatic rings. The summed E-state index contributed by atoms with van der Waals surface area (Å²) < 4.78 is 5.66. The lowest BCUT2D eigenvalue weighted by Gasteiger charge is -2.12. The van der Waals surface area contributed by atoms with E-state index in [1.54, 1.807) is 29.1 Å². The van der Waals surface area contributed by atoms with Gasteiger partial charge in [-0.3, -0.25) is 10.1 Å². The Kier molecular flexibility index (Phi) is 7.09. The second-order valence-corrected chi connectivity index (χ2v) is 9.19. The van der Waals surface area contributed by atoms with Crippen molar-refractivity contribution >= 4 is 50.7 Å². The predicted molar refractivity (Wildman–Crippen MR) is 152 cm³/mol. The Morgan fingerprint density at radius 3 is 2.49 bits per heavy atom. The number of rotatable bonds is 7. The highest BCUT2D eigenvalue weighted by molar-refractivity contribution is 7.80. The van der Waals surface area contributed by atoms with Gasteiger partial charge in [0.15, 0.2) is 5.11 Å². The Labute approximate surface area is 220 Å². The van der Waals surface area contributed by atoms with Crippen LogP contribution in [0.1, 0.15) is 35.7 Å². The normalized spacial score (nSPS) is 11.0. The predicted octanol–water partition coefficient (Wildman–Crippen LogP) is 6.19. The number of aryl methyl sites for hydroxylation is 1. The summed E-state index contributed by atoms with van der Waals surface area (Å²) in [7, 11) is 0. The van der Waals surface area contributed by atoms with E-state index < -0.39 is 0 Å². The number of benzene rings is 4. The van der Waals surface area contributed by atoms with Crippen molar-refractivity contribution in [1.29, 1.82) is 0 Å². The summed E-state index contributed by atoms with van der Waals surface area (Å²) in [6, 6.07) is 25.1. The Morgan fingerprint density at radius 1 is 0.973 bits per heavy atom. The number of fused-ring (bicyclic) bond motifs is 2. The van der Waals surface area contributed by atoms with Gasteiger partial charge >= 0.3 is 0 Å². The Bertz CT molecular complexity index is 1590. The molecule has 0 saturated carbocycles. The van der Waals surface area contributed by atoms with E-state index in [0.29, 0.717) is 17.7 Å². The molecule has 0 aliphatic carbocycles. The number of carbonyl (C=O) groups is 1. The van der Waals surface area contributed by atoms with Gasteiger partial charge in [-0.2, -0.15) is 0 Å². The topological polar surface area (TPSA) is 81.1 Å². The molecule has 0 fully saturated rings. The first-order valence-corrected chi connectivity index (χ1v) is 12.6. The van der Waals surface area contributed by atoms with Crippen LogP contribution in [0.2, 0.25) is 0 Å². The molecule has 7 nitrogen and oxygen atoms in total. The van der Waals surface area contributed by atoms with Gasteiger partial charge in [-0.1, -0.05) is 49.7 Å². The molecule has 0 spiro atoms. The van der Waals surface area contributed by atoms with Crippen molar-refractivity contribution in [2.75, 3.05) is 11.9 Å². The summed E-state index contributed by atoms with van der Waals surface area (Å²) >= 11 is 5.42. The molecular weight excluding hydrogens is 482 g/mol. The number of thiocarbonyl (C=S) groups is 1. The van der Waals surface area contributed by atoms with Gasteiger partial charge in [0.25, 0.3) is 5.91 Å². The van der Waals surface area contributed by atoms with E-state index in [0.717, 1.165) is 51.8 Å². The molecule has 0 unspecified atom stereocenters. The Balaban J connectivity index is 1.30. The third-order valence-corrected chi connectivity index (χ3v) is 6.27. The van der Waals surface area contributed by atoms with Crippen LogP contribution in [-0.2, 0) is 0 Å². The van der Waals surface area contributed by atoms with E-state index in [1.165, 1.54) is 0 Å². The van der Waals surface area contributed by atoms with Gasteiger partial charge in [-0.05, 0) is 79.0 Å². The van der Waals surface area contributed by atoms with Crippen molar-refractivity contribution in [3.63, 3.8) is 0 Å². The van der Waals surface area contributed by atoms with Crippen LogP contribution >= 0.6 is 12.2 Å². The van der Waals surface area contributed by atoms with E-state index in [-0.39, 0.29) is 11.0 Å². The second kappa shape index (κ2) is 10.8. The molecule has 4 aromatic carbocycles. The molecule has 1 amide bonds. The van der Waals surface area contributed by atoms with E-state index in [9.17, 15) is 4.79 Å². The number of hydrogen-bond donors (Lipinski definition) is 2. The van der Waals surface area contributed by atoms with Gasteiger partial charge in [-0.25, -0.2) is 0 Å². The van der Waals surface area contributed by atoms with Gasteiger partial charge in [0.1, 0.15) is 16.8 Å². The first-order valence-electron chi connectivity index (χ1n) is 12.2. The zero-order valence-electron chi connectivity index (χ0n) is 20.7. The van der Waals surface area contributed by atoms with Gasteiger partial charge in [0.05, 0.1) is 12.3 Å². The number of ether oxygens (including phenoxy) is 1. The molecule has 0 bridgehead atoms. The van der Waals surface area contributed by atoms with Crippen LogP contribution in [0.4, 0.5) is 5.69 Å². The molecule has 0 radical (unpaired) electrons. The monoisotopic (exact) mass is 509 g/mol. The lowest BCUT2D eigenvalue weighted by molar-refractivity contribution is 0.0977. The number of amides is 1. The quantitative estimate of drug-likeness (QED) is 0.201. The number of nitrogens with zero attached hydrogens (tertiary/aromatic N) is 3. The Morgan fingerprint density at radius 2 is 1.70 bits per heavy atom. The summed E-state index contributed by atoms with van der Waals surface area (Å²) in [5, 5.41) is 17.7. The smallest absolute Gasteiger partial charge is 0.257 e. The fourth-order valence-electron chi connectivity index (χ4n) is 4.06. The lowest BCUT2D eigenvalue weighted by Crippen LogP contribution is -2.34. The fraction of sp³-hybridized carbons (Fsp3) is 0.172. The zero-order valence-corrected chi connectivity index (χ0v) is 21.5. The maximum Gasteiger partial charge on any atom is 0.257 e. The van der Waals surface area contributed by atoms with Gasteiger partial charge < -0.3 is 10.1 Å². The largest absolute Gasteiger partial charge is 0.494 e. The second-order valence-electron chi connectivity index (χ2n) is 8.78. The van der Waals surface area contributed by atoms with E-state index in [4.69, 9.17) is 27.2 Å². The Hall–Kier alpha value is -4.30. The SMILES string of the molecule is CCCCOc1ccc(C(=O)NC(=S)Nc2cc3nn(-c4cccc5ccccc45)nc3cc2C)cc1. The first kappa shape index (κ1) is 24.4. The first-order chi connectivity index (χ1) is 18.0. The maximum absolute atomic E-state index is 12.7. The maximum atomic E-state index is 12.7. The third-order valence-electron chi connectivity index (χ3n) is 6.07. The summed E-state index contributed by atoms with van der Waals surface area (Å²) in [4.78, 5) is 14.3. The number of anilines is 1. The summed E-state index contributed by atoms with van der Waals surface area (Å²) in [5.41, 5.74) is 4.58. The molecule has 0 saturated heterocycles. The van der Waals surface area contributed by atoms with Crippen LogP contribution in [0.5, 0.6) is 5.75 Å². The van der Waals surface area contributed by atoms with Crippen LogP contribution in [0.25, 0.3) is 27.5 Å². The van der Waals surface area contributed by atoms with E-state index in [1.807, 2.05) is 43.3 Å². The van der Waals surface area contributed by atoms with Gasteiger partial charge in [0, 0.05) is 16.6 Å². The molecule has 0 atom stereocenters. The molecule has 2 N–H and O–H groups in total. The number of carbonyl (C=O) groups excluding carboxylic acids is 1. The van der Waals surface area contributed by atoms with Crippen LogP contribution in [0.15, 0.2) is 78.9 Å². The molecule has 186 valence electrons. The molecule has 5 rings (SSSR count). The molecule has 1 aromatic heterocycles. The average molecular weight is 510 g/mol. The summed E-state index contributed by atoms with van der Waals surface area (Å²) in [5.74, 6) is 0.449. The number of hydrogen-bond acceptors (Lipinski definition) is 5. The fourth-order valence-corrected chi connectivity index (χ4v) is 4.26. The van der Waals surface area contributed by atoms with E-state index in [2.05, 4.69) is 35.8 Å². The summed E-state index contributed by atoms with van der Waals surface area (Å²) in [6.45, 7) is 4.74. The molecule has 1 heterocycles. The molecule has 37 heavy (non-hydrogen) atoms. The zero-order chi connectivity index (χ0) is 25.8. The highest BCUT2D eigenvalue weighted by Gasteiger charge is 2.13. The van der Waals surface area contributed by atoms with Crippen molar-refractivity contribution in [2.24, 2.45) is 0 Å². The van der Waals surface area contributed by atoms with Gasteiger partial charge in [-0.15, -0.1) is 15.0 Å². The number of nitrogens with one attached hydrogen (secondary N) is 2. The molecule has 0 aliphatic rings. The van der Waals surface area contributed by atoms with E-state index >= 15 is 0 Å². The van der Waals surface area contributed by atoms with Crippen LogP contribution in [0, 0.1) is 6.92 Å². The highest BCUT2D eigenvalue weighted by Crippen LogP contribution is 2.25. The number of unbranched alkanes of at least 4 members (excludes halogenated alkanes) is 1.